The number of benzene rings is 2. The zero-order valence-corrected chi connectivity index (χ0v) is 26.4. The van der Waals surface area contributed by atoms with Gasteiger partial charge < -0.3 is 10.3 Å². The summed E-state index contributed by atoms with van der Waals surface area (Å²) in [7, 11) is -1.42. The number of nitrogens with one attached hydrogen (secondary N) is 4. The van der Waals surface area contributed by atoms with E-state index >= 15 is 0 Å². The summed E-state index contributed by atoms with van der Waals surface area (Å²) in [6.07, 6.45) is 11.6. The average molecular weight is 607 g/mol. The summed E-state index contributed by atoms with van der Waals surface area (Å²) >= 11 is 0. The van der Waals surface area contributed by atoms with Crippen molar-refractivity contribution in [2.75, 3.05) is 6.26 Å². The third kappa shape index (κ3) is 6.93. The SMILES string of the molecule is C=C/C(=C\C(=C/C)c1cnc2n[nH]c(-c3cc4c(-c5cc(F)cc(CNS(=C)(=C)C)c5)cccc4[nH]3)c2c1)NC(=C)CCC. The van der Waals surface area contributed by atoms with Crippen molar-refractivity contribution in [3.63, 3.8) is 0 Å². The Labute approximate surface area is 259 Å². The first-order valence-corrected chi connectivity index (χ1v) is 16.9. The van der Waals surface area contributed by atoms with Gasteiger partial charge in [0.05, 0.1) is 11.4 Å². The van der Waals surface area contributed by atoms with E-state index in [-0.39, 0.29) is 5.82 Å². The Kier molecular flexibility index (Phi) is 9.04. The van der Waals surface area contributed by atoms with Gasteiger partial charge in [0.25, 0.3) is 0 Å². The molecule has 0 saturated carbocycles. The highest BCUT2D eigenvalue weighted by atomic mass is 32.2. The maximum Gasteiger partial charge on any atom is 0.181 e. The van der Waals surface area contributed by atoms with Crippen molar-refractivity contribution in [1.82, 2.24) is 30.2 Å². The van der Waals surface area contributed by atoms with Gasteiger partial charge in [0.1, 0.15) is 5.82 Å². The number of hydrogen-bond donors (Lipinski definition) is 4. The fourth-order valence-electron chi connectivity index (χ4n) is 5.19. The highest BCUT2D eigenvalue weighted by molar-refractivity contribution is 8.25. The van der Waals surface area contributed by atoms with Crippen LogP contribution in [0.25, 0.3) is 50.0 Å². The minimum absolute atomic E-state index is 0.284. The Morgan fingerprint density at radius 3 is 2.66 bits per heavy atom. The molecule has 4 N–H and O–H groups in total. The Bertz CT molecular complexity index is 2040. The molecule has 3 aromatic heterocycles. The van der Waals surface area contributed by atoms with Crippen LogP contribution in [0.4, 0.5) is 4.39 Å². The molecule has 44 heavy (non-hydrogen) atoms. The summed E-state index contributed by atoms with van der Waals surface area (Å²) in [5.41, 5.74) is 9.59. The molecule has 0 atom stereocenters. The lowest BCUT2D eigenvalue weighted by atomic mass is 9.99. The minimum Gasteiger partial charge on any atom is -0.359 e. The molecule has 5 aromatic rings. The Balaban J connectivity index is 1.53. The molecule has 3 heterocycles. The van der Waals surface area contributed by atoms with E-state index < -0.39 is 9.39 Å². The van der Waals surface area contributed by atoms with E-state index in [4.69, 9.17) is 0 Å². The van der Waals surface area contributed by atoms with Crippen molar-refractivity contribution < 1.29 is 4.39 Å². The van der Waals surface area contributed by atoms with Gasteiger partial charge in [0, 0.05) is 46.0 Å². The van der Waals surface area contributed by atoms with Crippen LogP contribution >= 0.6 is 9.39 Å². The molecular formula is C36H39FN6S. The maximum absolute atomic E-state index is 14.8. The van der Waals surface area contributed by atoms with Crippen molar-refractivity contribution in [1.29, 1.82) is 0 Å². The van der Waals surface area contributed by atoms with Gasteiger partial charge in [-0.1, -0.05) is 56.5 Å². The number of rotatable bonds is 12. The van der Waals surface area contributed by atoms with Crippen LogP contribution in [0.3, 0.4) is 0 Å². The molecule has 0 aliphatic carbocycles. The molecule has 0 aliphatic rings. The Morgan fingerprint density at radius 1 is 1.11 bits per heavy atom. The molecule has 6 nitrogen and oxygen atoms in total. The molecule has 226 valence electrons. The van der Waals surface area contributed by atoms with Crippen molar-refractivity contribution in [3.8, 4) is 22.5 Å². The van der Waals surface area contributed by atoms with E-state index in [1.54, 1.807) is 18.2 Å². The molecule has 2 aromatic carbocycles. The molecule has 0 saturated heterocycles. The van der Waals surface area contributed by atoms with Crippen LogP contribution in [0.5, 0.6) is 0 Å². The van der Waals surface area contributed by atoms with Crippen LogP contribution in [0, 0.1) is 5.82 Å². The lowest BCUT2D eigenvalue weighted by molar-refractivity contribution is 0.625. The summed E-state index contributed by atoms with van der Waals surface area (Å²) in [5, 5.41) is 12.9. The van der Waals surface area contributed by atoms with Gasteiger partial charge in [-0.2, -0.15) is 14.5 Å². The lowest BCUT2D eigenvalue weighted by Gasteiger charge is -2.12. The number of H-pyrrole nitrogens is 2. The van der Waals surface area contributed by atoms with E-state index in [1.807, 2.05) is 55.8 Å². The summed E-state index contributed by atoms with van der Waals surface area (Å²) < 4.78 is 18.1. The smallest absolute Gasteiger partial charge is 0.181 e. The van der Waals surface area contributed by atoms with Gasteiger partial charge in [0.2, 0.25) is 0 Å². The number of halogens is 1. The van der Waals surface area contributed by atoms with Crippen LogP contribution < -0.4 is 10.0 Å². The Morgan fingerprint density at radius 2 is 1.93 bits per heavy atom. The zero-order valence-electron chi connectivity index (χ0n) is 25.6. The average Bonchev–Trinajstić information content (AvgIpc) is 3.61. The molecule has 5 rings (SSSR count). The fourth-order valence-corrected chi connectivity index (χ4v) is 5.70. The molecule has 0 radical (unpaired) electrons. The largest absolute Gasteiger partial charge is 0.359 e. The third-order valence-electron chi connectivity index (χ3n) is 7.28. The minimum atomic E-state index is -1.42. The third-order valence-corrected chi connectivity index (χ3v) is 8.13. The van der Waals surface area contributed by atoms with Crippen LogP contribution in [-0.4, -0.2) is 38.2 Å². The van der Waals surface area contributed by atoms with Crippen molar-refractivity contribution in [2.24, 2.45) is 0 Å². The van der Waals surface area contributed by atoms with Crippen molar-refractivity contribution >= 4 is 48.6 Å². The molecule has 0 amide bonds. The van der Waals surface area contributed by atoms with E-state index in [2.05, 4.69) is 74.2 Å². The van der Waals surface area contributed by atoms with Crippen LogP contribution in [0.2, 0.25) is 0 Å². The predicted octanol–water partition coefficient (Wildman–Crippen LogP) is 8.59. The van der Waals surface area contributed by atoms with Gasteiger partial charge in [-0.25, -0.2) is 9.37 Å². The fraction of sp³-hybridized carbons (Fsp3) is 0.167. The van der Waals surface area contributed by atoms with Gasteiger partial charge in [-0.05, 0) is 90.4 Å². The number of nitrogens with zero attached hydrogens (tertiary/aromatic N) is 2. The highest BCUT2D eigenvalue weighted by Gasteiger charge is 2.16. The quantitative estimate of drug-likeness (QED) is 0.0847. The topological polar surface area (TPSA) is 81.4 Å². The monoisotopic (exact) mass is 606 g/mol. The number of aromatic amines is 2. The van der Waals surface area contributed by atoms with Crippen molar-refractivity contribution in [3.05, 3.63) is 114 Å². The Hall–Kier alpha value is -4.66. The molecule has 0 unspecified atom stereocenters. The van der Waals surface area contributed by atoms with Crippen LogP contribution in [-0.2, 0) is 6.54 Å². The predicted molar refractivity (Wildman–Crippen MR) is 190 cm³/mol. The normalized spacial score (nSPS) is 12.6. The number of fused-ring (bicyclic) bond motifs is 2. The molecule has 0 fully saturated rings. The van der Waals surface area contributed by atoms with E-state index in [1.165, 1.54) is 0 Å². The molecule has 8 heteroatoms. The van der Waals surface area contributed by atoms with E-state index in [9.17, 15) is 4.39 Å². The highest BCUT2D eigenvalue weighted by Crippen LogP contribution is 2.35. The van der Waals surface area contributed by atoms with Crippen LogP contribution in [0.1, 0.15) is 37.8 Å². The number of hydrogen-bond acceptors (Lipinski definition) is 4. The first-order valence-electron chi connectivity index (χ1n) is 14.5. The summed E-state index contributed by atoms with van der Waals surface area (Å²) in [6, 6.07) is 15.3. The molecule has 0 aliphatic heterocycles. The van der Waals surface area contributed by atoms with Gasteiger partial charge in [-0.3, -0.25) is 9.82 Å². The van der Waals surface area contributed by atoms with E-state index in [0.717, 1.165) is 79.7 Å². The number of allylic oxidation sites excluding steroid dienone is 5. The number of pyridine rings is 1. The first kappa shape index (κ1) is 30.8. The van der Waals surface area contributed by atoms with Gasteiger partial charge in [-0.15, -0.1) is 0 Å². The van der Waals surface area contributed by atoms with E-state index in [0.29, 0.717) is 12.2 Å². The lowest BCUT2D eigenvalue weighted by Crippen LogP contribution is -2.10. The molecule has 0 bridgehead atoms. The van der Waals surface area contributed by atoms with Gasteiger partial charge >= 0.3 is 0 Å². The first-order chi connectivity index (χ1) is 21.1. The summed E-state index contributed by atoms with van der Waals surface area (Å²) in [4.78, 5) is 8.18. The number of aromatic nitrogens is 4. The summed E-state index contributed by atoms with van der Waals surface area (Å²) in [5.74, 6) is 7.85. The summed E-state index contributed by atoms with van der Waals surface area (Å²) in [6.45, 7) is 12.7. The van der Waals surface area contributed by atoms with Crippen molar-refractivity contribution in [2.45, 2.75) is 33.2 Å². The maximum atomic E-state index is 14.8. The second-order valence-electron chi connectivity index (χ2n) is 11.1. The standard InChI is InChI=1S/C36H39FN6S/c1-8-12-23(4)40-29(10-3)18-25(9-2)27-19-32-35(42-43-36(32)38-22-27)34-20-31-30(13-11-14-33(31)41-34)26-15-24(16-28(37)17-26)21-39-44(5,6)7/h9-11,13-20,22,39-41H,3-6,8,12,21H2,1-2,7H3,(H,38,42,43)/b25-9+,29-18+. The van der Waals surface area contributed by atoms with Gasteiger partial charge in [0.15, 0.2) is 5.65 Å². The van der Waals surface area contributed by atoms with Crippen LogP contribution in [0.15, 0.2) is 97.5 Å². The zero-order chi connectivity index (χ0) is 31.4. The second kappa shape index (κ2) is 12.9. The molecular weight excluding hydrogens is 568 g/mol. The molecule has 0 spiro atoms. The second-order valence-corrected chi connectivity index (χ2v) is 14.0.